The molecule has 2 aromatic heterocycles. The second-order valence-corrected chi connectivity index (χ2v) is 5.55. The van der Waals surface area contributed by atoms with Crippen LogP contribution in [0.2, 0.25) is 0 Å². The summed E-state index contributed by atoms with van der Waals surface area (Å²) in [6, 6.07) is 10.5. The highest BCUT2D eigenvalue weighted by atomic mass is 16.5. The van der Waals surface area contributed by atoms with Crippen molar-refractivity contribution in [3.63, 3.8) is 0 Å². The molecule has 138 valence electrons. The van der Waals surface area contributed by atoms with Crippen LogP contribution in [0.1, 0.15) is 29.0 Å². The standard InChI is InChI=1S/C18H17N5O4/c1-12(24)21-14-3-2-4-15(9-14)26-11-16-22-18(27-23-16)17(25)20-10-13-5-7-19-8-6-13/h2-9H,10-11H2,1H3,(H,20,25)(H,21,24). The van der Waals surface area contributed by atoms with Gasteiger partial charge in [0, 0.05) is 37.6 Å². The van der Waals surface area contributed by atoms with E-state index >= 15 is 0 Å². The Morgan fingerprint density at radius 1 is 1.19 bits per heavy atom. The van der Waals surface area contributed by atoms with Crippen molar-refractivity contribution in [3.8, 4) is 5.75 Å². The van der Waals surface area contributed by atoms with Gasteiger partial charge in [-0.1, -0.05) is 11.2 Å². The van der Waals surface area contributed by atoms with E-state index in [0.717, 1.165) is 5.56 Å². The highest BCUT2D eigenvalue weighted by molar-refractivity contribution is 5.89. The van der Waals surface area contributed by atoms with Crippen LogP contribution < -0.4 is 15.4 Å². The number of hydrogen-bond acceptors (Lipinski definition) is 7. The summed E-state index contributed by atoms with van der Waals surface area (Å²) in [5, 5.41) is 9.07. The predicted molar refractivity (Wildman–Crippen MR) is 94.8 cm³/mol. The maximum absolute atomic E-state index is 12.0. The number of ether oxygens (including phenoxy) is 1. The molecule has 0 saturated carbocycles. The molecule has 27 heavy (non-hydrogen) atoms. The van der Waals surface area contributed by atoms with Gasteiger partial charge in [0.1, 0.15) is 5.75 Å². The van der Waals surface area contributed by atoms with Crippen molar-refractivity contribution >= 4 is 17.5 Å². The van der Waals surface area contributed by atoms with E-state index in [1.807, 2.05) is 0 Å². The van der Waals surface area contributed by atoms with Crippen molar-refractivity contribution in [2.45, 2.75) is 20.1 Å². The summed E-state index contributed by atoms with van der Waals surface area (Å²) < 4.78 is 10.5. The molecule has 0 bridgehead atoms. The minimum Gasteiger partial charge on any atom is -0.485 e. The van der Waals surface area contributed by atoms with Crippen LogP contribution in [-0.2, 0) is 17.9 Å². The van der Waals surface area contributed by atoms with Gasteiger partial charge in [-0.2, -0.15) is 4.98 Å². The van der Waals surface area contributed by atoms with Crippen LogP contribution in [0.25, 0.3) is 0 Å². The predicted octanol–water partition coefficient (Wildman–Crippen LogP) is 1.93. The van der Waals surface area contributed by atoms with Crippen LogP contribution in [0, 0.1) is 0 Å². The molecule has 0 radical (unpaired) electrons. The molecule has 9 nitrogen and oxygen atoms in total. The molecule has 2 N–H and O–H groups in total. The number of hydrogen-bond donors (Lipinski definition) is 2. The normalized spacial score (nSPS) is 10.3. The molecule has 9 heteroatoms. The summed E-state index contributed by atoms with van der Waals surface area (Å²) in [6.45, 7) is 1.77. The van der Waals surface area contributed by atoms with Gasteiger partial charge in [0.25, 0.3) is 0 Å². The molecule has 0 aliphatic rings. The fourth-order valence-electron chi connectivity index (χ4n) is 2.18. The molecular weight excluding hydrogens is 350 g/mol. The van der Waals surface area contributed by atoms with Crippen LogP contribution in [0.3, 0.4) is 0 Å². The number of carbonyl (C=O) groups excluding carboxylic acids is 2. The lowest BCUT2D eigenvalue weighted by Gasteiger charge is -2.06. The molecule has 3 aromatic rings. The van der Waals surface area contributed by atoms with E-state index in [1.165, 1.54) is 6.92 Å². The Hall–Kier alpha value is -3.75. The fourth-order valence-corrected chi connectivity index (χ4v) is 2.18. The molecule has 0 unspecified atom stereocenters. The Morgan fingerprint density at radius 3 is 2.78 bits per heavy atom. The van der Waals surface area contributed by atoms with Gasteiger partial charge in [0.15, 0.2) is 6.61 Å². The Kier molecular flexibility index (Phi) is 5.73. The number of amides is 2. The first kappa shape index (κ1) is 18.1. The Bertz CT molecular complexity index is 926. The molecule has 1 aromatic carbocycles. The first-order valence-electron chi connectivity index (χ1n) is 8.10. The van der Waals surface area contributed by atoms with Gasteiger partial charge in [-0.25, -0.2) is 0 Å². The van der Waals surface area contributed by atoms with E-state index in [1.54, 1.807) is 48.8 Å². The summed E-state index contributed by atoms with van der Waals surface area (Å²) in [4.78, 5) is 31.1. The smallest absolute Gasteiger partial charge is 0.316 e. The molecule has 3 rings (SSSR count). The molecule has 2 amide bonds. The van der Waals surface area contributed by atoms with Crippen LogP contribution in [0.5, 0.6) is 5.75 Å². The van der Waals surface area contributed by atoms with Gasteiger partial charge < -0.3 is 19.9 Å². The summed E-state index contributed by atoms with van der Waals surface area (Å²) in [5.41, 5.74) is 1.52. The van der Waals surface area contributed by atoms with E-state index < -0.39 is 5.91 Å². The summed E-state index contributed by atoms with van der Waals surface area (Å²) in [7, 11) is 0. The van der Waals surface area contributed by atoms with Crippen molar-refractivity contribution in [3.05, 3.63) is 66.1 Å². The van der Waals surface area contributed by atoms with Gasteiger partial charge in [-0.3, -0.25) is 14.6 Å². The topological polar surface area (TPSA) is 119 Å². The zero-order chi connectivity index (χ0) is 19.1. The Labute approximate surface area is 154 Å². The van der Waals surface area contributed by atoms with Crippen LogP contribution in [0.4, 0.5) is 5.69 Å². The summed E-state index contributed by atoms with van der Waals surface area (Å²) in [6.07, 6.45) is 3.29. The largest absolute Gasteiger partial charge is 0.485 e. The number of anilines is 1. The number of nitrogens with zero attached hydrogens (tertiary/aromatic N) is 3. The lowest BCUT2D eigenvalue weighted by Crippen LogP contribution is -2.23. The van der Waals surface area contributed by atoms with Crippen LogP contribution in [-0.4, -0.2) is 26.9 Å². The average Bonchev–Trinajstić information content (AvgIpc) is 3.14. The minimum absolute atomic E-state index is 0.0185. The van der Waals surface area contributed by atoms with Crippen LogP contribution >= 0.6 is 0 Å². The van der Waals surface area contributed by atoms with E-state index in [9.17, 15) is 9.59 Å². The van der Waals surface area contributed by atoms with E-state index in [2.05, 4.69) is 25.8 Å². The maximum Gasteiger partial charge on any atom is 0.316 e. The highest BCUT2D eigenvalue weighted by Crippen LogP contribution is 2.18. The lowest BCUT2D eigenvalue weighted by molar-refractivity contribution is -0.114. The van der Waals surface area contributed by atoms with E-state index in [4.69, 9.17) is 9.26 Å². The molecule has 0 aliphatic heterocycles. The van der Waals surface area contributed by atoms with Crippen molar-refractivity contribution in [2.75, 3.05) is 5.32 Å². The number of nitrogens with one attached hydrogen (secondary N) is 2. The lowest BCUT2D eigenvalue weighted by atomic mass is 10.3. The third kappa shape index (κ3) is 5.36. The minimum atomic E-state index is -0.474. The average molecular weight is 367 g/mol. The first-order valence-corrected chi connectivity index (χ1v) is 8.10. The van der Waals surface area contributed by atoms with Gasteiger partial charge >= 0.3 is 11.8 Å². The number of aromatic nitrogens is 3. The van der Waals surface area contributed by atoms with Crippen molar-refractivity contribution < 1.29 is 18.8 Å². The third-order valence-corrected chi connectivity index (χ3v) is 3.39. The van der Waals surface area contributed by atoms with E-state index in [0.29, 0.717) is 18.0 Å². The Morgan fingerprint density at radius 2 is 2.00 bits per heavy atom. The zero-order valence-electron chi connectivity index (χ0n) is 14.5. The van der Waals surface area contributed by atoms with Crippen LogP contribution in [0.15, 0.2) is 53.3 Å². The van der Waals surface area contributed by atoms with Gasteiger partial charge in [0.05, 0.1) is 0 Å². The number of rotatable bonds is 7. The molecule has 0 saturated heterocycles. The Balaban J connectivity index is 1.53. The molecular formula is C18H17N5O4. The fraction of sp³-hybridized carbons (Fsp3) is 0.167. The maximum atomic E-state index is 12.0. The van der Waals surface area contributed by atoms with Crippen molar-refractivity contribution in [1.82, 2.24) is 20.4 Å². The second kappa shape index (κ2) is 8.56. The van der Waals surface area contributed by atoms with Crippen molar-refractivity contribution in [1.29, 1.82) is 0 Å². The highest BCUT2D eigenvalue weighted by Gasteiger charge is 2.15. The molecule has 0 fully saturated rings. The van der Waals surface area contributed by atoms with Gasteiger partial charge in [-0.05, 0) is 29.8 Å². The number of pyridine rings is 1. The molecule has 0 spiro atoms. The second-order valence-electron chi connectivity index (χ2n) is 5.55. The number of carbonyl (C=O) groups is 2. The SMILES string of the molecule is CC(=O)Nc1cccc(OCc2noc(C(=O)NCc3ccncc3)n2)c1. The van der Waals surface area contributed by atoms with Gasteiger partial charge in [0.2, 0.25) is 11.7 Å². The van der Waals surface area contributed by atoms with Gasteiger partial charge in [-0.15, -0.1) is 0 Å². The summed E-state index contributed by atoms with van der Waals surface area (Å²) in [5.74, 6) is -0.0376. The molecule has 0 aliphatic carbocycles. The first-order chi connectivity index (χ1) is 13.1. The van der Waals surface area contributed by atoms with Crippen molar-refractivity contribution in [2.24, 2.45) is 0 Å². The third-order valence-electron chi connectivity index (χ3n) is 3.39. The quantitative estimate of drug-likeness (QED) is 0.655. The molecule has 2 heterocycles. The molecule has 0 atom stereocenters. The summed E-state index contributed by atoms with van der Waals surface area (Å²) >= 11 is 0. The van der Waals surface area contributed by atoms with E-state index in [-0.39, 0.29) is 24.2 Å². The number of benzene rings is 1. The monoisotopic (exact) mass is 367 g/mol. The zero-order valence-corrected chi connectivity index (χ0v) is 14.5.